The van der Waals surface area contributed by atoms with Crippen LogP contribution in [0, 0.1) is 30.0 Å². The third-order valence-electron chi connectivity index (χ3n) is 5.95. The van der Waals surface area contributed by atoms with Crippen LogP contribution in [0.25, 0.3) is 0 Å². The molecule has 4 heteroatoms. The molecule has 3 aromatic carbocycles. The fourth-order valence-electron chi connectivity index (χ4n) is 4.51. The van der Waals surface area contributed by atoms with Crippen molar-refractivity contribution in [2.24, 2.45) is 0 Å². The second-order valence-electron chi connectivity index (χ2n) is 9.05. The summed E-state index contributed by atoms with van der Waals surface area (Å²) in [6, 6.07) is 26.9. The molecule has 0 radical (unpaired) electrons. The zero-order valence-corrected chi connectivity index (χ0v) is 23.6. The molecule has 0 aliphatic heterocycles. The van der Waals surface area contributed by atoms with E-state index in [1.807, 2.05) is 0 Å². The van der Waals surface area contributed by atoms with Crippen molar-refractivity contribution < 1.29 is 30.0 Å². The van der Waals surface area contributed by atoms with Crippen LogP contribution < -0.4 is 14.7 Å². The van der Waals surface area contributed by atoms with Gasteiger partial charge in [0.15, 0.2) is 0 Å². The number of hydrogen-bond donors (Lipinski definition) is 0. The summed E-state index contributed by atoms with van der Waals surface area (Å²) in [4.78, 5) is 6.80. The van der Waals surface area contributed by atoms with E-state index in [9.17, 15) is 0 Å². The second-order valence-corrected chi connectivity index (χ2v) is 18.3. The zero-order valence-electron chi connectivity index (χ0n) is 20.0. The fraction of sp³-hybridized carbons (Fsp3) is 0.333. The molecule has 0 unspecified atom stereocenters. The number of hydrogen-bond acceptors (Lipinski definition) is 3. The Balaban J connectivity index is 1.97. The minimum atomic E-state index is -2.22. The number of anilines is 3. The summed E-state index contributed by atoms with van der Waals surface area (Å²) in [6.07, 6.45) is 0. The van der Waals surface area contributed by atoms with Crippen LogP contribution in [0.3, 0.4) is 0 Å². The minimum absolute atomic E-state index is 1.28. The third-order valence-corrected chi connectivity index (χ3v) is 15.5. The van der Waals surface area contributed by atoms with Gasteiger partial charge in [-0.2, -0.15) is 0 Å². The molecule has 0 aliphatic carbocycles. The Morgan fingerprint density at radius 1 is 0.452 bits per heavy atom. The van der Waals surface area contributed by atoms with E-state index in [0.717, 1.165) is 0 Å². The number of para-hydroxylation sites is 3. The third kappa shape index (κ3) is 6.38. The predicted molar refractivity (Wildman–Crippen MR) is 133 cm³/mol. The van der Waals surface area contributed by atoms with Crippen molar-refractivity contribution in [1.82, 2.24) is 0 Å². The van der Waals surface area contributed by atoms with E-state index in [4.69, 9.17) is 0 Å². The van der Waals surface area contributed by atoms with E-state index < -0.39 is 30.0 Å². The van der Waals surface area contributed by atoms with Crippen LogP contribution in [0.15, 0.2) is 72.8 Å². The molecule has 0 N–H and O–H groups in total. The maximum atomic E-state index is 2.35. The molecular formula is C27H36LaN3. The molecule has 0 atom stereocenters. The van der Waals surface area contributed by atoms with Crippen LogP contribution in [0.1, 0.15) is 16.7 Å². The monoisotopic (exact) mass is 541 g/mol. The van der Waals surface area contributed by atoms with Crippen LogP contribution >= 0.6 is 0 Å². The van der Waals surface area contributed by atoms with E-state index in [2.05, 4.69) is 130 Å². The number of nitrogens with zero attached hydrogens (tertiary/aromatic N) is 3. The average Bonchev–Trinajstić information content (AvgIpc) is 2.74. The summed E-state index contributed by atoms with van der Waals surface area (Å²) >= 11 is -2.22. The van der Waals surface area contributed by atoms with Crippen LogP contribution in [0.4, 0.5) is 17.1 Å². The van der Waals surface area contributed by atoms with Crippen LogP contribution in [-0.2, 0) is 8.47 Å². The van der Waals surface area contributed by atoms with Gasteiger partial charge in [-0.25, -0.2) is 0 Å². The molecule has 0 saturated carbocycles. The Labute approximate surface area is 200 Å². The van der Waals surface area contributed by atoms with Crippen molar-refractivity contribution in [3.05, 3.63) is 89.5 Å². The van der Waals surface area contributed by atoms with Gasteiger partial charge < -0.3 is 0 Å². The Morgan fingerprint density at radius 3 is 0.968 bits per heavy atom. The normalized spacial score (nSPS) is 10.6. The topological polar surface area (TPSA) is 9.72 Å². The molecule has 0 saturated heterocycles. The van der Waals surface area contributed by atoms with Gasteiger partial charge in [-0.05, 0) is 0 Å². The predicted octanol–water partition coefficient (Wildman–Crippen LogP) is 5.41. The Bertz CT molecular complexity index is 854. The second kappa shape index (κ2) is 11.2. The maximum absolute atomic E-state index is 2.35. The van der Waals surface area contributed by atoms with Crippen LogP contribution in [0.5, 0.6) is 0 Å². The molecule has 0 aliphatic rings. The molecule has 0 amide bonds. The molecule has 0 spiro atoms. The first-order valence-corrected chi connectivity index (χ1v) is 18.8. The van der Waals surface area contributed by atoms with E-state index in [0.29, 0.717) is 0 Å². The van der Waals surface area contributed by atoms with Crippen molar-refractivity contribution in [3.8, 4) is 0 Å². The van der Waals surface area contributed by atoms with Gasteiger partial charge >= 0.3 is 202 Å². The average molecular weight is 542 g/mol. The van der Waals surface area contributed by atoms with Gasteiger partial charge in [-0.15, -0.1) is 0 Å². The van der Waals surface area contributed by atoms with E-state index in [-0.39, 0.29) is 0 Å². The summed E-state index contributed by atoms with van der Waals surface area (Å²) in [6.45, 7) is 0. The molecule has 31 heavy (non-hydrogen) atoms. The van der Waals surface area contributed by atoms with Crippen molar-refractivity contribution in [2.75, 3.05) is 57.0 Å². The van der Waals surface area contributed by atoms with Crippen molar-refractivity contribution >= 4 is 17.1 Å². The van der Waals surface area contributed by atoms with Crippen LogP contribution in [-0.4, -0.2) is 42.3 Å². The molecular weight excluding hydrogens is 505 g/mol. The summed E-state index contributed by atoms with van der Waals surface area (Å²) in [5.74, 6) is 0. The quantitative estimate of drug-likeness (QED) is 0.359. The number of benzene rings is 3. The molecule has 0 bridgehead atoms. The summed E-state index contributed by atoms with van der Waals surface area (Å²) < 4.78 is 3.83. The molecule has 3 aromatic rings. The standard InChI is InChI=1S/3C9H12N.La/c3*1-8-6-4-5-7-9(8)10(2)3;/h3*4-7H,1H2,2-3H3;. The fourth-order valence-corrected chi connectivity index (χ4v) is 15.0. The first-order valence-electron chi connectivity index (χ1n) is 11.1. The van der Waals surface area contributed by atoms with Gasteiger partial charge in [0.25, 0.3) is 0 Å². The SMILES string of the molecule is CN(C)c1ccccc1[CH2][La]([CH2]c1ccccc1N(C)C)[CH2]c1ccccc1N(C)C. The molecule has 0 heterocycles. The molecule has 0 aromatic heterocycles. The molecule has 3 rings (SSSR count). The van der Waals surface area contributed by atoms with E-state index in [1.54, 1.807) is 0 Å². The van der Waals surface area contributed by atoms with Gasteiger partial charge in [0, 0.05) is 0 Å². The molecule has 162 valence electrons. The van der Waals surface area contributed by atoms with Crippen molar-refractivity contribution in [3.63, 3.8) is 0 Å². The Hall–Kier alpha value is -1.75. The Kier molecular flexibility index (Phi) is 8.65. The van der Waals surface area contributed by atoms with Gasteiger partial charge in [-0.1, -0.05) is 0 Å². The number of rotatable bonds is 9. The van der Waals surface area contributed by atoms with Gasteiger partial charge in [0.05, 0.1) is 0 Å². The van der Waals surface area contributed by atoms with Crippen molar-refractivity contribution in [1.29, 1.82) is 0 Å². The van der Waals surface area contributed by atoms with Gasteiger partial charge in [0.1, 0.15) is 0 Å². The molecule has 0 fully saturated rings. The van der Waals surface area contributed by atoms with E-state index >= 15 is 0 Å². The molecule has 3 nitrogen and oxygen atoms in total. The van der Waals surface area contributed by atoms with Gasteiger partial charge in [0.2, 0.25) is 0 Å². The Morgan fingerprint density at radius 2 is 0.710 bits per heavy atom. The van der Waals surface area contributed by atoms with E-state index in [1.165, 1.54) is 42.2 Å². The summed E-state index contributed by atoms with van der Waals surface area (Å²) in [5.41, 5.74) is 8.66. The summed E-state index contributed by atoms with van der Waals surface area (Å²) in [7, 11) is 13.0. The first kappa shape index (κ1) is 23.9. The summed E-state index contributed by atoms with van der Waals surface area (Å²) in [5, 5.41) is 0. The van der Waals surface area contributed by atoms with Crippen LogP contribution in [0.2, 0.25) is 0 Å². The first-order chi connectivity index (χ1) is 14.9. The zero-order chi connectivity index (χ0) is 22.4. The van der Waals surface area contributed by atoms with Crippen molar-refractivity contribution in [2.45, 2.75) is 8.47 Å². The van der Waals surface area contributed by atoms with Gasteiger partial charge in [-0.3, -0.25) is 0 Å².